The Balaban J connectivity index is 1.85. The summed E-state index contributed by atoms with van der Waals surface area (Å²) in [6.45, 7) is 5.66. The van der Waals surface area contributed by atoms with Gasteiger partial charge in [-0.25, -0.2) is 4.79 Å². The minimum atomic E-state index is -0.892. The highest BCUT2D eigenvalue weighted by Gasteiger charge is 2.16. The molecule has 0 unspecified atom stereocenters. The van der Waals surface area contributed by atoms with E-state index in [1.165, 1.54) is 13.0 Å². The highest BCUT2D eigenvalue weighted by molar-refractivity contribution is 5.90. The third kappa shape index (κ3) is 5.44. The molecule has 1 heterocycles. The fourth-order valence-electron chi connectivity index (χ4n) is 2.53. The average Bonchev–Trinajstić information content (AvgIpc) is 2.90. The number of hydrogen-bond donors (Lipinski definition) is 1. The smallest absolute Gasteiger partial charge is 0.331 e. The number of nitrogens with one attached hydrogen (secondary N) is 1. The number of carbonyl (C=O) groups excluding carboxylic acids is 2. The number of ether oxygens (including phenoxy) is 2. The van der Waals surface area contributed by atoms with Gasteiger partial charge in [-0.05, 0) is 44.5 Å². The number of aromatic nitrogens is 2. The Morgan fingerprint density at radius 2 is 1.93 bits per heavy atom. The van der Waals surface area contributed by atoms with Gasteiger partial charge in [-0.1, -0.05) is 12.1 Å². The fourth-order valence-corrected chi connectivity index (χ4v) is 2.53. The SMILES string of the molecule is COc1ccc(CNC(=O)[C@@H](C)OC(=O)/C=C/c2c(C)nn(C)c2C)cc1. The molecule has 27 heavy (non-hydrogen) atoms. The third-order valence-corrected chi connectivity index (χ3v) is 4.24. The molecule has 2 rings (SSSR count). The van der Waals surface area contributed by atoms with Crippen LogP contribution in [0, 0.1) is 13.8 Å². The number of aryl methyl sites for hydroxylation is 2. The Kier molecular flexibility index (Phi) is 6.76. The van der Waals surface area contributed by atoms with Crippen LogP contribution in [0.3, 0.4) is 0 Å². The molecule has 1 N–H and O–H groups in total. The number of amides is 1. The van der Waals surface area contributed by atoms with E-state index in [0.717, 1.165) is 28.3 Å². The van der Waals surface area contributed by atoms with Crippen molar-refractivity contribution in [2.75, 3.05) is 7.11 Å². The second kappa shape index (κ2) is 9.02. The van der Waals surface area contributed by atoms with Gasteiger partial charge in [-0.3, -0.25) is 9.48 Å². The summed E-state index contributed by atoms with van der Waals surface area (Å²) in [5, 5.41) is 7.03. The zero-order valence-corrected chi connectivity index (χ0v) is 16.3. The summed E-state index contributed by atoms with van der Waals surface area (Å²) < 4.78 is 12.0. The van der Waals surface area contributed by atoms with Gasteiger partial charge < -0.3 is 14.8 Å². The van der Waals surface area contributed by atoms with Gasteiger partial charge in [0.2, 0.25) is 0 Å². The van der Waals surface area contributed by atoms with Crippen LogP contribution in [0.2, 0.25) is 0 Å². The lowest BCUT2D eigenvalue weighted by molar-refractivity contribution is -0.150. The van der Waals surface area contributed by atoms with E-state index in [1.54, 1.807) is 17.9 Å². The van der Waals surface area contributed by atoms with E-state index >= 15 is 0 Å². The zero-order valence-electron chi connectivity index (χ0n) is 16.3. The van der Waals surface area contributed by atoms with Crippen LogP contribution >= 0.6 is 0 Å². The van der Waals surface area contributed by atoms with Crippen molar-refractivity contribution >= 4 is 18.0 Å². The van der Waals surface area contributed by atoms with Crippen LogP contribution in [0.1, 0.15) is 29.4 Å². The van der Waals surface area contributed by atoms with E-state index in [9.17, 15) is 9.59 Å². The van der Waals surface area contributed by atoms with Gasteiger partial charge in [0.1, 0.15) is 5.75 Å². The summed E-state index contributed by atoms with van der Waals surface area (Å²) >= 11 is 0. The molecule has 0 saturated carbocycles. The number of carbonyl (C=O) groups is 2. The number of methoxy groups -OCH3 is 1. The average molecular weight is 371 g/mol. The normalized spacial score (nSPS) is 12.0. The maximum absolute atomic E-state index is 12.1. The van der Waals surface area contributed by atoms with Gasteiger partial charge in [0, 0.05) is 30.9 Å². The van der Waals surface area contributed by atoms with Crippen LogP contribution in [0.15, 0.2) is 30.3 Å². The summed E-state index contributed by atoms with van der Waals surface area (Å²) in [5.74, 6) is -0.190. The van der Waals surface area contributed by atoms with E-state index < -0.39 is 12.1 Å². The van der Waals surface area contributed by atoms with Crippen molar-refractivity contribution in [3.8, 4) is 5.75 Å². The van der Waals surface area contributed by atoms with E-state index in [0.29, 0.717) is 6.54 Å². The van der Waals surface area contributed by atoms with Crippen LogP contribution in [-0.2, 0) is 27.9 Å². The molecule has 0 aliphatic carbocycles. The molecule has 144 valence electrons. The van der Waals surface area contributed by atoms with E-state index in [4.69, 9.17) is 9.47 Å². The molecule has 7 heteroatoms. The Morgan fingerprint density at radius 1 is 1.26 bits per heavy atom. The van der Waals surface area contributed by atoms with Crippen molar-refractivity contribution in [3.05, 3.63) is 52.9 Å². The molecule has 0 radical (unpaired) electrons. The van der Waals surface area contributed by atoms with E-state index in [1.807, 2.05) is 45.2 Å². The molecule has 0 saturated heterocycles. The topological polar surface area (TPSA) is 82.4 Å². The van der Waals surface area contributed by atoms with Gasteiger partial charge in [0.05, 0.1) is 12.8 Å². The standard InChI is InChI=1S/C20H25N3O4/c1-13-18(14(2)23(4)22-13)10-11-19(24)27-15(3)20(25)21-12-16-6-8-17(26-5)9-7-16/h6-11,15H,12H2,1-5H3,(H,21,25)/b11-10+/t15-/m1/s1. The van der Waals surface area contributed by atoms with Gasteiger partial charge in [-0.2, -0.15) is 5.10 Å². The van der Waals surface area contributed by atoms with Crippen molar-refractivity contribution in [1.82, 2.24) is 15.1 Å². The minimum absolute atomic E-state index is 0.342. The van der Waals surface area contributed by atoms with Crippen LogP contribution in [0.25, 0.3) is 6.08 Å². The molecule has 0 bridgehead atoms. The van der Waals surface area contributed by atoms with E-state index in [-0.39, 0.29) is 5.91 Å². The molecule has 1 aromatic heterocycles. The molecular formula is C20H25N3O4. The van der Waals surface area contributed by atoms with E-state index in [2.05, 4.69) is 10.4 Å². The Hall–Kier alpha value is -3.09. The molecule has 0 aliphatic rings. The molecular weight excluding hydrogens is 346 g/mol. The van der Waals surface area contributed by atoms with Gasteiger partial charge in [0.25, 0.3) is 5.91 Å². The zero-order chi connectivity index (χ0) is 20.0. The maximum atomic E-state index is 12.1. The first-order chi connectivity index (χ1) is 12.8. The number of nitrogens with zero attached hydrogens (tertiary/aromatic N) is 2. The minimum Gasteiger partial charge on any atom is -0.497 e. The highest BCUT2D eigenvalue weighted by Crippen LogP contribution is 2.14. The molecule has 0 aliphatic heterocycles. The highest BCUT2D eigenvalue weighted by atomic mass is 16.5. The fraction of sp³-hybridized carbons (Fsp3) is 0.350. The number of hydrogen-bond acceptors (Lipinski definition) is 5. The number of rotatable bonds is 7. The molecule has 1 amide bonds. The van der Waals surface area contributed by atoms with Crippen molar-refractivity contribution in [2.24, 2.45) is 7.05 Å². The van der Waals surface area contributed by atoms with Gasteiger partial charge in [0.15, 0.2) is 6.10 Å². The Labute approximate surface area is 159 Å². The first-order valence-electron chi connectivity index (χ1n) is 8.61. The Morgan fingerprint density at radius 3 is 2.48 bits per heavy atom. The molecule has 0 fully saturated rings. The molecule has 2 aromatic rings. The lowest BCUT2D eigenvalue weighted by atomic mass is 10.2. The molecule has 7 nitrogen and oxygen atoms in total. The first-order valence-corrected chi connectivity index (χ1v) is 8.61. The summed E-state index contributed by atoms with van der Waals surface area (Å²) in [6, 6.07) is 7.35. The summed E-state index contributed by atoms with van der Waals surface area (Å²) in [6.07, 6.45) is 2.07. The molecule has 1 atom stereocenters. The monoisotopic (exact) mass is 371 g/mol. The van der Waals surface area contributed by atoms with Crippen LogP contribution in [0.4, 0.5) is 0 Å². The lowest BCUT2D eigenvalue weighted by Crippen LogP contribution is -2.35. The first kappa shape index (κ1) is 20.2. The quantitative estimate of drug-likeness (QED) is 0.597. The summed E-state index contributed by atoms with van der Waals surface area (Å²) in [5.41, 5.74) is 3.56. The van der Waals surface area contributed by atoms with Crippen LogP contribution in [-0.4, -0.2) is 34.9 Å². The van der Waals surface area contributed by atoms with Gasteiger partial charge in [-0.15, -0.1) is 0 Å². The van der Waals surface area contributed by atoms with Crippen LogP contribution < -0.4 is 10.1 Å². The predicted octanol–water partition coefficient (Wildman–Crippen LogP) is 2.31. The largest absolute Gasteiger partial charge is 0.497 e. The Bertz CT molecular complexity index is 838. The lowest BCUT2D eigenvalue weighted by Gasteiger charge is -2.12. The number of esters is 1. The van der Waals surface area contributed by atoms with Crippen molar-refractivity contribution in [2.45, 2.75) is 33.4 Å². The number of benzene rings is 1. The maximum Gasteiger partial charge on any atom is 0.331 e. The summed E-state index contributed by atoms with van der Waals surface area (Å²) in [4.78, 5) is 24.1. The van der Waals surface area contributed by atoms with Crippen LogP contribution in [0.5, 0.6) is 5.75 Å². The van der Waals surface area contributed by atoms with Crippen molar-refractivity contribution in [1.29, 1.82) is 0 Å². The predicted molar refractivity (Wildman–Crippen MR) is 102 cm³/mol. The van der Waals surface area contributed by atoms with Crippen molar-refractivity contribution in [3.63, 3.8) is 0 Å². The van der Waals surface area contributed by atoms with Gasteiger partial charge >= 0.3 is 5.97 Å². The second-order valence-electron chi connectivity index (χ2n) is 6.19. The van der Waals surface area contributed by atoms with Crippen molar-refractivity contribution < 1.29 is 19.1 Å². The summed E-state index contributed by atoms with van der Waals surface area (Å²) in [7, 11) is 3.44. The molecule has 0 spiro atoms. The molecule has 1 aromatic carbocycles. The third-order valence-electron chi connectivity index (χ3n) is 4.24. The second-order valence-corrected chi connectivity index (χ2v) is 6.19.